The molecule has 0 spiro atoms. The Hall–Kier alpha value is -1.85. The number of nitrogens with one attached hydrogen (secondary N) is 3. The summed E-state index contributed by atoms with van der Waals surface area (Å²) < 4.78 is 0. The number of anilines is 1. The van der Waals surface area contributed by atoms with E-state index in [0.29, 0.717) is 5.69 Å². The van der Waals surface area contributed by atoms with Gasteiger partial charge in [-0.15, -0.1) is 0 Å². The molecule has 13 heavy (non-hydrogen) atoms. The van der Waals surface area contributed by atoms with Crippen LogP contribution in [0.25, 0.3) is 0 Å². The van der Waals surface area contributed by atoms with Crippen molar-refractivity contribution in [3.63, 3.8) is 0 Å². The molecule has 0 bridgehead atoms. The molecule has 3 N–H and O–H groups in total. The lowest BCUT2D eigenvalue weighted by molar-refractivity contribution is -0.118. The molecule has 0 saturated carbocycles. The van der Waals surface area contributed by atoms with Crippen LogP contribution in [0.2, 0.25) is 0 Å². The van der Waals surface area contributed by atoms with Gasteiger partial charge in [-0.05, 0) is 0 Å². The van der Waals surface area contributed by atoms with E-state index in [-0.39, 0.29) is 18.0 Å². The van der Waals surface area contributed by atoms with Crippen LogP contribution in [-0.4, -0.2) is 29.7 Å². The van der Waals surface area contributed by atoms with Crippen molar-refractivity contribution in [1.29, 1.82) is 0 Å². The molecule has 0 unspecified atom stereocenters. The minimum Gasteiger partial charge on any atom is -0.375 e. The van der Waals surface area contributed by atoms with Crippen molar-refractivity contribution in [3.05, 3.63) is 22.6 Å². The molecule has 1 aromatic rings. The van der Waals surface area contributed by atoms with Gasteiger partial charge in [0.2, 0.25) is 5.91 Å². The molecule has 0 aliphatic heterocycles. The van der Waals surface area contributed by atoms with Crippen molar-refractivity contribution < 1.29 is 4.79 Å². The second kappa shape index (κ2) is 4.24. The van der Waals surface area contributed by atoms with Crippen LogP contribution in [-0.2, 0) is 4.79 Å². The Morgan fingerprint density at radius 1 is 1.69 bits per heavy atom. The number of amides is 1. The van der Waals surface area contributed by atoms with Gasteiger partial charge in [0.1, 0.15) is 0 Å². The summed E-state index contributed by atoms with van der Waals surface area (Å²) in [6.07, 6.45) is 1.43. The number of hydrogen-bond donors (Lipinski definition) is 3. The summed E-state index contributed by atoms with van der Waals surface area (Å²) in [7, 11) is 1.54. The Bertz CT molecular complexity index is 346. The highest BCUT2D eigenvalue weighted by Crippen LogP contribution is 1.96. The van der Waals surface area contributed by atoms with Crippen LogP contribution < -0.4 is 16.2 Å². The average molecular weight is 182 g/mol. The number of likely N-dealkylation sites (N-methyl/N-ethyl adjacent to an activating group) is 1. The third-order valence-corrected chi connectivity index (χ3v) is 1.40. The predicted molar refractivity (Wildman–Crippen MR) is 47.4 cm³/mol. The van der Waals surface area contributed by atoms with Crippen LogP contribution >= 0.6 is 0 Å². The fourth-order valence-electron chi connectivity index (χ4n) is 0.744. The van der Waals surface area contributed by atoms with E-state index in [9.17, 15) is 9.59 Å². The third kappa shape index (κ3) is 2.94. The molecule has 0 aliphatic rings. The quantitative estimate of drug-likeness (QED) is 0.555. The summed E-state index contributed by atoms with van der Waals surface area (Å²) in [4.78, 5) is 21.5. The molecule has 0 aromatic carbocycles. The largest absolute Gasteiger partial charge is 0.375 e. The van der Waals surface area contributed by atoms with Gasteiger partial charge in [0.25, 0.3) is 5.56 Å². The molecule has 6 heteroatoms. The van der Waals surface area contributed by atoms with Crippen molar-refractivity contribution in [2.24, 2.45) is 0 Å². The number of H-pyrrole nitrogens is 1. The number of nitrogens with zero attached hydrogens (tertiary/aromatic N) is 1. The standard InChI is InChI=1S/C7H10N4O2/c1-8-7(13)4-9-5-2-6(12)11-10-3-5/h2-3H,4H2,1H3,(H,8,13)(H2,9,11,12). The molecule has 0 aliphatic carbocycles. The Labute approximate surface area is 74.4 Å². The summed E-state index contributed by atoms with van der Waals surface area (Å²) in [5.74, 6) is -0.153. The van der Waals surface area contributed by atoms with Crippen LogP contribution in [0, 0.1) is 0 Å². The van der Waals surface area contributed by atoms with E-state index in [1.54, 1.807) is 7.05 Å². The van der Waals surface area contributed by atoms with E-state index in [0.717, 1.165) is 0 Å². The summed E-state index contributed by atoms with van der Waals surface area (Å²) in [5, 5.41) is 11.0. The Kier molecular flexibility index (Phi) is 3.02. The van der Waals surface area contributed by atoms with Crippen molar-refractivity contribution in [1.82, 2.24) is 15.5 Å². The molecule has 0 radical (unpaired) electrons. The fraction of sp³-hybridized carbons (Fsp3) is 0.286. The van der Waals surface area contributed by atoms with E-state index < -0.39 is 0 Å². The monoisotopic (exact) mass is 182 g/mol. The zero-order chi connectivity index (χ0) is 9.68. The van der Waals surface area contributed by atoms with Gasteiger partial charge in [-0.1, -0.05) is 0 Å². The zero-order valence-corrected chi connectivity index (χ0v) is 7.13. The fourth-order valence-corrected chi connectivity index (χ4v) is 0.744. The molecule has 70 valence electrons. The molecule has 0 saturated heterocycles. The first-order valence-corrected chi connectivity index (χ1v) is 3.71. The Morgan fingerprint density at radius 2 is 2.46 bits per heavy atom. The zero-order valence-electron chi connectivity index (χ0n) is 7.13. The van der Waals surface area contributed by atoms with Gasteiger partial charge in [0.05, 0.1) is 18.4 Å². The average Bonchev–Trinajstić information content (AvgIpc) is 2.14. The predicted octanol–water partition coefficient (Wildman–Crippen LogP) is -1.07. The first-order valence-electron chi connectivity index (χ1n) is 3.71. The van der Waals surface area contributed by atoms with Crippen LogP contribution in [0.1, 0.15) is 0 Å². The maximum Gasteiger partial charge on any atom is 0.266 e. The summed E-state index contributed by atoms with van der Waals surface area (Å²) >= 11 is 0. The normalized spacial score (nSPS) is 9.31. The molecule has 1 rings (SSSR count). The first-order chi connectivity index (χ1) is 6.22. The van der Waals surface area contributed by atoms with Gasteiger partial charge in [-0.2, -0.15) is 5.10 Å². The number of carbonyl (C=O) groups is 1. The van der Waals surface area contributed by atoms with Gasteiger partial charge < -0.3 is 10.6 Å². The van der Waals surface area contributed by atoms with E-state index in [1.807, 2.05) is 0 Å². The van der Waals surface area contributed by atoms with Gasteiger partial charge in [-0.3, -0.25) is 9.59 Å². The van der Waals surface area contributed by atoms with Crippen LogP contribution in [0.4, 0.5) is 5.69 Å². The molecule has 0 fully saturated rings. The number of carbonyl (C=O) groups excluding carboxylic acids is 1. The lowest BCUT2D eigenvalue weighted by Crippen LogP contribution is -2.26. The summed E-state index contributed by atoms with van der Waals surface area (Å²) in [6, 6.07) is 1.33. The smallest absolute Gasteiger partial charge is 0.266 e. The topological polar surface area (TPSA) is 86.9 Å². The van der Waals surface area contributed by atoms with Crippen molar-refractivity contribution in [2.75, 3.05) is 18.9 Å². The van der Waals surface area contributed by atoms with Crippen LogP contribution in [0.3, 0.4) is 0 Å². The van der Waals surface area contributed by atoms with Crippen LogP contribution in [0.15, 0.2) is 17.1 Å². The summed E-state index contributed by atoms with van der Waals surface area (Å²) in [6.45, 7) is 0.127. The van der Waals surface area contributed by atoms with E-state index in [2.05, 4.69) is 20.8 Å². The van der Waals surface area contributed by atoms with Crippen molar-refractivity contribution in [2.45, 2.75) is 0 Å². The molecular formula is C7H10N4O2. The molecule has 6 nitrogen and oxygen atoms in total. The lowest BCUT2D eigenvalue weighted by atomic mass is 10.4. The highest BCUT2D eigenvalue weighted by molar-refractivity contribution is 5.80. The highest BCUT2D eigenvalue weighted by Gasteiger charge is 1.97. The number of rotatable bonds is 3. The molecular weight excluding hydrogens is 172 g/mol. The number of aromatic nitrogens is 2. The molecule has 1 amide bonds. The van der Waals surface area contributed by atoms with Gasteiger partial charge in [-0.25, -0.2) is 5.10 Å². The Morgan fingerprint density at radius 3 is 3.08 bits per heavy atom. The van der Waals surface area contributed by atoms with Gasteiger partial charge in [0, 0.05) is 13.1 Å². The molecule has 0 atom stereocenters. The minimum absolute atomic E-state index is 0.127. The number of aromatic amines is 1. The third-order valence-electron chi connectivity index (χ3n) is 1.40. The first kappa shape index (κ1) is 9.24. The SMILES string of the molecule is CNC(=O)CNc1cn[nH]c(=O)c1. The van der Waals surface area contributed by atoms with Crippen LogP contribution in [0.5, 0.6) is 0 Å². The molecule has 1 aromatic heterocycles. The van der Waals surface area contributed by atoms with E-state index >= 15 is 0 Å². The lowest BCUT2D eigenvalue weighted by Gasteiger charge is -2.02. The maximum atomic E-state index is 10.8. The highest BCUT2D eigenvalue weighted by atomic mass is 16.1. The Balaban J connectivity index is 2.55. The summed E-state index contributed by atoms with van der Waals surface area (Å²) in [5.41, 5.74) is 0.217. The van der Waals surface area contributed by atoms with Gasteiger partial charge >= 0.3 is 0 Å². The number of hydrogen-bond acceptors (Lipinski definition) is 4. The van der Waals surface area contributed by atoms with E-state index in [4.69, 9.17) is 0 Å². The van der Waals surface area contributed by atoms with Crippen molar-refractivity contribution >= 4 is 11.6 Å². The molecule has 1 heterocycles. The van der Waals surface area contributed by atoms with Crippen molar-refractivity contribution in [3.8, 4) is 0 Å². The minimum atomic E-state index is -0.304. The second-order valence-corrected chi connectivity index (χ2v) is 2.36. The maximum absolute atomic E-state index is 10.8. The van der Waals surface area contributed by atoms with E-state index in [1.165, 1.54) is 12.3 Å². The van der Waals surface area contributed by atoms with Gasteiger partial charge in [0.15, 0.2) is 0 Å². The second-order valence-electron chi connectivity index (χ2n) is 2.36.